The molecule has 3 aliphatic heterocycles. The molecular weight excluding hydrogens is 606 g/mol. The number of nitrogens with zero attached hydrogens (tertiary/aromatic N) is 5. The molecule has 2 fully saturated rings. The van der Waals surface area contributed by atoms with Crippen LogP contribution in [0.2, 0.25) is 5.02 Å². The largest absolute Gasteiger partial charge is 0.482 e. The minimum Gasteiger partial charge on any atom is -0.423 e. The number of ether oxygens (including phenoxy) is 2. The van der Waals surface area contributed by atoms with Gasteiger partial charge in [-0.1, -0.05) is 22.8 Å². The number of nitrogens with two attached hydrogens (primary N) is 1. The van der Waals surface area contributed by atoms with E-state index in [4.69, 9.17) is 31.8 Å². The van der Waals surface area contributed by atoms with Gasteiger partial charge >= 0.3 is 17.8 Å². The van der Waals surface area contributed by atoms with Crippen LogP contribution in [0.1, 0.15) is 59.9 Å². The van der Waals surface area contributed by atoms with Crippen molar-refractivity contribution in [3.05, 3.63) is 64.1 Å². The second-order valence-corrected chi connectivity index (χ2v) is 12.2. The fraction of sp³-hybridized carbons (Fsp3) is 0.375. The van der Waals surface area contributed by atoms with Crippen molar-refractivity contribution in [1.82, 2.24) is 9.97 Å². The van der Waals surface area contributed by atoms with Crippen molar-refractivity contribution in [2.24, 2.45) is 22.7 Å². The summed E-state index contributed by atoms with van der Waals surface area (Å²) in [6, 6.07) is 7.72. The van der Waals surface area contributed by atoms with Crippen molar-refractivity contribution in [2.75, 3.05) is 18.1 Å². The lowest BCUT2D eigenvalue weighted by Crippen LogP contribution is -2.50. The predicted molar refractivity (Wildman–Crippen MR) is 162 cm³/mol. The molecule has 0 bridgehead atoms. The van der Waals surface area contributed by atoms with E-state index in [0.717, 1.165) is 36.3 Å². The van der Waals surface area contributed by atoms with E-state index in [1.807, 2.05) is 6.92 Å². The number of anilines is 1. The van der Waals surface area contributed by atoms with E-state index in [9.17, 15) is 9.59 Å². The Labute approximate surface area is 262 Å². The highest BCUT2D eigenvalue weighted by molar-refractivity contribution is 6.30. The van der Waals surface area contributed by atoms with Crippen molar-refractivity contribution >= 4 is 46.8 Å². The van der Waals surface area contributed by atoms with Crippen molar-refractivity contribution in [3.63, 3.8) is 0 Å². The van der Waals surface area contributed by atoms with Gasteiger partial charge in [0.1, 0.15) is 11.3 Å². The molecule has 0 radical (unpaired) electrons. The van der Waals surface area contributed by atoms with Crippen molar-refractivity contribution < 1.29 is 32.5 Å². The maximum atomic E-state index is 15.0. The summed E-state index contributed by atoms with van der Waals surface area (Å²) >= 11 is 5.93. The van der Waals surface area contributed by atoms with Gasteiger partial charge in [0.05, 0.1) is 34.7 Å². The molecule has 45 heavy (non-hydrogen) atoms. The van der Waals surface area contributed by atoms with Crippen molar-refractivity contribution in [3.8, 4) is 16.9 Å². The zero-order valence-corrected chi connectivity index (χ0v) is 25.2. The lowest BCUT2D eigenvalue weighted by molar-refractivity contribution is -0.448. The van der Waals surface area contributed by atoms with Gasteiger partial charge in [-0.15, -0.1) is 4.68 Å². The molecule has 2 aromatic heterocycles. The number of amides is 2. The van der Waals surface area contributed by atoms with Gasteiger partial charge in [0.15, 0.2) is 11.4 Å². The first-order chi connectivity index (χ1) is 21.6. The van der Waals surface area contributed by atoms with E-state index >= 15 is 8.78 Å². The molecule has 2 N–H and O–H groups in total. The van der Waals surface area contributed by atoms with Crippen LogP contribution < -0.4 is 15.4 Å². The third kappa shape index (κ3) is 5.46. The van der Waals surface area contributed by atoms with Crippen LogP contribution in [0.3, 0.4) is 0 Å². The van der Waals surface area contributed by atoms with E-state index in [0.29, 0.717) is 64.5 Å². The second kappa shape index (κ2) is 11.3. The fourth-order valence-electron chi connectivity index (χ4n) is 6.18. The number of hydrogen-bond donors (Lipinski definition) is 1. The highest BCUT2D eigenvalue weighted by Crippen LogP contribution is 2.45. The van der Waals surface area contributed by atoms with Gasteiger partial charge in [0.25, 0.3) is 5.91 Å². The first-order valence-electron chi connectivity index (χ1n) is 14.9. The summed E-state index contributed by atoms with van der Waals surface area (Å²) in [7, 11) is 0. The molecule has 5 heterocycles. The second-order valence-electron chi connectivity index (χ2n) is 11.8. The summed E-state index contributed by atoms with van der Waals surface area (Å²) in [4.78, 5) is 35.9. The smallest absolute Gasteiger partial charge is 0.423 e. The first kappa shape index (κ1) is 29.4. The molecule has 1 saturated heterocycles. The molecule has 2 amide bonds. The van der Waals surface area contributed by atoms with Crippen LogP contribution in [-0.2, 0) is 22.5 Å². The highest BCUT2D eigenvalue weighted by Gasteiger charge is 2.51. The maximum Gasteiger partial charge on any atom is 0.482 e. The van der Waals surface area contributed by atoms with Crippen LogP contribution in [0.4, 0.5) is 20.3 Å². The zero-order valence-electron chi connectivity index (χ0n) is 24.4. The summed E-state index contributed by atoms with van der Waals surface area (Å²) in [5.41, 5.74) is 9.66. The molecular formula is C32H30ClF2N6O4+. The summed E-state index contributed by atoms with van der Waals surface area (Å²) in [6.07, 6.45) is 3.18. The summed E-state index contributed by atoms with van der Waals surface area (Å²) in [5.74, 6) is -1.24. The highest BCUT2D eigenvalue weighted by atomic mass is 35.5. The van der Waals surface area contributed by atoms with Crippen LogP contribution in [-0.4, -0.2) is 57.7 Å². The van der Waals surface area contributed by atoms with Crippen LogP contribution in [0.15, 0.2) is 41.6 Å². The Morgan fingerprint density at radius 1 is 1.18 bits per heavy atom. The number of primary amides is 1. The van der Waals surface area contributed by atoms with Crippen LogP contribution >= 0.6 is 11.6 Å². The van der Waals surface area contributed by atoms with Crippen LogP contribution in [0.5, 0.6) is 5.75 Å². The Bertz CT molecular complexity index is 1790. The molecule has 13 heteroatoms. The van der Waals surface area contributed by atoms with Gasteiger partial charge in [-0.3, -0.25) is 19.5 Å². The predicted octanol–water partition coefficient (Wildman–Crippen LogP) is 5.25. The molecule has 4 aliphatic rings. The van der Waals surface area contributed by atoms with E-state index in [-0.39, 0.29) is 29.5 Å². The number of hydrogen-bond acceptors (Lipinski definition) is 7. The van der Waals surface area contributed by atoms with Crippen molar-refractivity contribution in [2.45, 2.75) is 51.7 Å². The summed E-state index contributed by atoms with van der Waals surface area (Å²) in [5, 5.41) is 5.06. The number of fused-ring (bicyclic) bond motifs is 2. The van der Waals surface area contributed by atoms with Crippen LogP contribution in [0, 0.1) is 11.8 Å². The average Bonchev–Trinajstić information content (AvgIpc) is 3.74. The molecule has 1 aliphatic carbocycles. The summed E-state index contributed by atoms with van der Waals surface area (Å²) in [6.45, 7) is 3.10. The Kier molecular flexibility index (Phi) is 7.36. The molecule has 0 atom stereocenters. The Morgan fingerprint density at radius 2 is 1.96 bits per heavy atom. The molecule has 1 aromatic carbocycles. The lowest BCUT2D eigenvalue weighted by Gasteiger charge is -2.33. The maximum absolute atomic E-state index is 15.0. The number of aromatic nitrogens is 2. The van der Waals surface area contributed by atoms with Gasteiger partial charge in [0, 0.05) is 37.3 Å². The normalized spacial score (nSPS) is 20.1. The van der Waals surface area contributed by atoms with E-state index in [1.165, 1.54) is 18.3 Å². The Hall–Kier alpha value is -4.29. The van der Waals surface area contributed by atoms with Crippen LogP contribution in [0.25, 0.3) is 11.1 Å². The topological polar surface area (TPSA) is 123 Å². The van der Waals surface area contributed by atoms with Gasteiger partial charge in [-0.05, 0) is 73.3 Å². The van der Waals surface area contributed by atoms with Gasteiger partial charge in [-0.2, -0.15) is 8.78 Å². The van der Waals surface area contributed by atoms with Crippen molar-refractivity contribution in [1.29, 1.82) is 0 Å². The molecule has 10 nitrogen and oxygen atoms in total. The number of carbonyl (C=O) groups is 2. The molecule has 1 saturated carbocycles. The Balaban J connectivity index is 1.37. The first-order valence-corrected chi connectivity index (χ1v) is 15.2. The molecule has 0 spiro atoms. The Morgan fingerprint density at radius 3 is 2.64 bits per heavy atom. The SMILES string of the molecule is C/C(C1CCOCC1)=[N+]1/N=Cc2c1nc(CC1CC1)c(C(N)=O)c2-c1ccc2c(c1)OC(F)(F)C(=O)N2Cc1ccc(Cl)cn1. The molecule has 3 aromatic rings. The molecule has 0 unspecified atom stereocenters. The monoisotopic (exact) mass is 635 g/mol. The number of benzene rings is 1. The number of carbonyl (C=O) groups excluding carboxylic acids is 2. The number of pyridine rings is 2. The van der Waals surface area contributed by atoms with Gasteiger partial charge in [-0.25, -0.2) is 0 Å². The lowest BCUT2D eigenvalue weighted by atomic mass is 9.91. The number of hydrazone groups is 1. The van der Waals surface area contributed by atoms with Gasteiger partial charge in [0.2, 0.25) is 0 Å². The third-order valence-corrected chi connectivity index (χ3v) is 8.97. The number of halogens is 3. The van der Waals surface area contributed by atoms with E-state index in [2.05, 4.69) is 10.1 Å². The molecule has 232 valence electrons. The fourth-order valence-corrected chi connectivity index (χ4v) is 6.30. The van der Waals surface area contributed by atoms with Gasteiger partial charge < -0.3 is 15.2 Å². The molecule has 7 rings (SSSR count). The third-order valence-electron chi connectivity index (χ3n) is 8.74. The quantitative estimate of drug-likeness (QED) is 0.354. The van der Waals surface area contributed by atoms with E-state index < -0.39 is 17.9 Å². The number of rotatable bonds is 7. The summed E-state index contributed by atoms with van der Waals surface area (Å²) < 4.78 is 42.4. The number of alkyl halides is 2. The zero-order chi connectivity index (χ0) is 31.5. The average molecular weight is 636 g/mol. The van der Waals surface area contributed by atoms with E-state index in [1.54, 1.807) is 29.1 Å². The minimum atomic E-state index is -4.13. The minimum absolute atomic E-state index is 0.134. The standard InChI is InChI=1S/C32H29ClF2N6O4/c1-17(19-8-10-44-11-9-19)41-30-23(15-38-41)27(28(29(36)42)24(39-30)12-18-2-3-18)20-4-7-25-26(13-20)45-32(34,35)31(43)40(25)16-22-6-5-21(33)14-37-22/h4-7,13-15,18-19H,2-3,8-12,16H2,1H3,(H-,36,42)/p+1/b41-17-.